The number of para-hydroxylation sites is 1. The predicted molar refractivity (Wildman–Crippen MR) is 75.7 cm³/mol. The topological polar surface area (TPSA) is 46.2 Å². The van der Waals surface area contributed by atoms with Crippen LogP contribution in [0, 0.1) is 5.92 Å². The highest BCUT2D eigenvalue weighted by Gasteiger charge is 2.47. The molecule has 0 fully saturated rings. The van der Waals surface area contributed by atoms with E-state index in [9.17, 15) is 21.6 Å². The highest BCUT2D eigenvalue weighted by Crippen LogP contribution is 2.34. The first kappa shape index (κ1) is 17.2. The van der Waals surface area contributed by atoms with Gasteiger partial charge in [-0.25, -0.2) is 8.42 Å². The van der Waals surface area contributed by atoms with Gasteiger partial charge in [0.1, 0.15) is 0 Å². The monoisotopic (exact) mass is 327 g/mol. The van der Waals surface area contributed by atoms with E-state index in [1.54, 1.807) is 11.8 Å². The molecular formula is C12H16F3NO2S2. The molecule has 1 rings (SSSR count). The largest absolute Gasteiger partial charge is 0.501 e. The lowest BCUT2D eigenvalue weighted by atomic mass is 10.2. The van der Waals surface area contributed by atoms with E-state index in [-0.39, 0.29) is 11.6 Å². The summed E-state index contributed by atoms with van der Waals surface area (Å²) < 4.78 is 60.8. The smallest absolute Gasteiger partial charge is 0.384 e. The molecule has 0 saturated heterocycles. The van der Waals surface area contributed by atoms with Gasteiger partial charge in [-0.1, -0.05) is 19.1 Å². The second-order valence-electron chi connectivity index (χ2n) is 4.39. The molecular weight excluding hydrogens is 311 g/mol. The van der Waals surface area contributed by atoms with Gasteiger partial charge in [0, 0.05) is 6.54 Å². The minimum atomic E-state index is -5.33. The lowest BCUT2D eigenvalue weighted by Gasteiger charge is -2.16. The van der Waals surface area contributed by atoms with Gasteiger partial charge in [0.15, 0.2) is 0 Å². The molecule has 0 aliphatic carbocycles. The second-order valence-corrected chi connectivity index (χ2v) is 7.21. The number of benzene rings is 1. The van der Waals surface area contributed by atoms with E-state index in [1.807, 2.05) is 13.2 Å². The van der Waals surface area contributed by atoms with E-state index in [0.29, 0.717) is 6.54 Å². The summed E-state index contributed by atoms with van der Waals surface area (Å²) in [5.41, 5.74) is -5.31. The Morgan fingerprint density at radius 1 is 1.30 bits per heavy atom. The van der Waals surface area contributed by atoms with Crippen molar-refractivity contribution in [3.63, 3.8) is 0 Å². The van der Waals surface area contributed by atoms with Crippen molar-refractivity contribution in [2.24, 2.45) is 5.92 Å². The summed E-state index contributed by atoms with van der Waals surface area (Å²) >= 11 is 1.62. The zero-order valence-corrected chi connectivity index (χ0v) is 12.7. The molecule has 0 saturated carbocycles. The van der Waals surface area contributed by atoms with Crippen molar-refractivity contribution in [1.29, 1.82) is 0 Å². The maximum atomic E-state index is 12.6. The van der Waals surface area contributed by atoms with Gasteiger partial charge in [-0.3, -0.25) is 0 Å². The van der Waals surface area contributed by atoms with Crippen LogP contribution in [0.1, 0.15) is 6.92 Å². The Balaban J connectivity index is 3.01. The molecule has 1 atom stereocenters. The SMILES string of the molecule is CSCC(C)CNc1ccccc1S(=O)(=O)C(F)(F)F. The third-order valence-corrected chi connectivity index (χ3v) is 5.02. The van der Waals surface area contributed by atoms with Crippen LogP contribution < -0.4 is 5.32 Å². The van der Waals surface area contributed by atoms with Crippen LogP contribution in [0.2, 0.25) is 0 Å². The first-order chi connectivity index (χ1) is 9.20. The molecule has 114 valence electrons. The van der Waals surface area contributed by atoms with E-state index in [4.69, 9.17) is 0 Å². The van der Waals surface area contributed by atoms with E-state index in [0.717, 1.165) is 11.8 Å². The Labute approximate surface area is 120 Å². The molecule has 1 aromatic carbocycles. The molecule has 0 radical (unpaired) electrons. The van der Waals surface area contributed by atoms with Crippen LogP contribution in [0.25, 0.3) is 0 Å². The second kappa shape index (κ2) is 6.71. The normalized spacial score (nSPS) is 14.1. The highest BCUT2D eigenvalue weighted by atomic mass is 32.2. The number of hydrogen-bond acceptors (Lipinski definition) is 4. The van der Waals surface area contributed by atoms with Gasteiger partial charge in [0.2, 0.25) is 0 Å². The number of halogens is 3. The van der Waals surface area contributed by atoms with Gasteiger partial charge in [-0.05, 0) is 30.1 Å². The van der Waals surface area contributed by atoms with Gasteiger partial charge < -0.3 is 5.32 Å². The summed E-state index contributed by atoms with van der Waals surface area (Å²) in [7, 11) is -5.33. The standard InChI is InChI=1S/C12H16F3NO2S2/c1-9(8-19-2)7-16-10-5-3-4-6-11(10)20(17,18)12(13,14)15/h3-6,9,16H,7-8H2,1-2H3. The number of nitrogens with one attached hydrogen (secondary N) is 1. The Morgan fingerprint density at radius 2 is 1.90 bits per heavy atom. The summed E-state index contributed by atoms with van der Waals surface area (Å²) in [6.45, 7) is 2.34. The molecule has 1 unspecified atom stereocenters. The summed E-state index contributed by atoms with van der Waals surface area (Å²) in [6, 6.07) is 5.07. The molecule has 0 aliphatic heterocycles. The first-order valence-electron chi connectivity index (χ1n) is 5.83. The molecule has 0 aromatic heterocycles. The molecule has 8 heteroatoms. The first-order valence-corrected chi connectivity index (χ1v) is 8.71. The highest BCUT2D eigenvalue weighted by molar-refractivity contribution is 7.98. The number of thioether (sulfide) groups is 1. The fourth-order valence-corrected chi connectivity index (χ4v) is 3.22. The third kappa shape index (κ3) is 4.05. The maximum absolute atomic E-state index is 12.6. The van der Waals surface area contributed by atoms with Gasteiger partial charge in [0.25, 0.3) is 9.84 Å². The van der Waals surface area contributed by atoms with Gasteiger partial charge in [-0.2, -0.15) is 24.9 Å². The summed E-state index contributed by atoms with van der Waals surface area (Å²) in [6.07, 6.45) is 1.93. The summed E-state index contributed by atoms with van der Waals surface area (Å²) in [5.74, 6) is 1.05. The average Bonchev–Trinajstić information content (AvgIpc) is 2.35. The van der Waals surface area contributed by atoms with Crippen LogP contribution in [0.4, 0.5) is 18.9 Å². The Kier molecular flexibility index (Phi) is 5.76. The zero-order valence-electron chi connectivity index (χ0n) is 11.1. The molecule has 0 bridgehead atoms. The van der Waals surface area contributed by atoms with Crippen molar-refractivity contribution < 1.29 is 21.6 Å². The van der Waals surface area contributed by atoms with Crippen molar-refractivity contribution in [3.05, 3.63) is 24.3 Å². The predicted octanol–water partition coefficient (Wildman–Crippen LogP) is 3.39. The van der Waals surface area contributed by atoms with Crippen molar-refractivity contribution in [2.45, 2.75) is 17.3 Å². The molecule has 1 N–H and O–H groups in total. The van der Waals surface area contributed by atoms with Gasteiger partial charge in [-0.15, -0.1) is 0 Å². The molecule has 0 aliphatic rings. The van der Waals surface area contributed by atoms with E-state index < -0.39 is 20.2 Å². The summed E-state index contributed by atoms with van der Waals surface area (Å²) in [4.78, 5) is -0.733. The lowest BCUT2D eigenvalue weighted by Crippen LogP contribution is -2.25. The van der Waals surface area contributed by atoms with Crippen LogP contribution in [-0.2, 0) is 9.84 Å². The van der Waals surface area contributed by atoms with Crippen LogP contribution in [0.15, 0.2) is 29.2 Å². The number of rotatable bonds is 6. The minimum absolute atomic E-state index is 0.0159. The van der Waals surface area contributed by atoms with Crippen LogP contribution >= 0.6 is 11.8 Å². The maximum Gasteiger partial charge on any atom is 0.501 e. The molecule has 0 spiro atoms. The number of sulfone groups is 1. The van der Waals surface area contributed by atoms with Gasteiger partial charge in [0.05, 0.1) is 10.6 Å². The fourth-order valence-electron chi connectivity index (χ4n) is 1.60. The molecule has 0 heterocycles. The molecule has 3 nitrogen and oxygen atoms in total. The minimum Gasteiger partial charge on any atom is -0.384 e. The third-order valence-electron chi connectivity index (χ3n) is 2.57. The number of hydrogen-bond donors (Lipinski definition) is 1. The Hall–Kier alpha value is -0.890. The quantitative estimate of drug-likeness (QED) is 0.870. The number of alkyl halides is 3. The van der Waals surface area contributed by atoms with Crippen LogP contribution in [0.3, 0.4) is 0 Å². The zero-order chi connectivity index (χ0) is 15.4. The summed E-state index contributed by atoms with van der Waals surface area (Å²) in [5, 5.41) is 2.78. The average molecular weight is 327 g/mol. The van der Waals surface area contributed by atoms with E-state index >= 15 is 0 Å². The Morgan fingerprint density at radius 3 is 2.45 bits per heavy atom. The van der Waals surface area contributed by atoms with Crippen molar-refractivity contribution in [1.82, 2.24) is 0 Å². The Bertz CT molecular complexity index is 544. The molecule has 0 amide bonds. The molecule has 1 aromatic rings. The van der Waals surface area contributed by atoms with Crippen LogP contribution in [-0.4, -0.2) is 32.5 Å². The number of anilines is 1. The van der Waals surface area contributed by atoms with Crippen molar-refractivity contribution >= 4 is 27.3 Å². The molecule has 20 heavy (non-hydrogen) atoms. The van der Waals surface area contributed by atoms with E-state index in [2.05, 4.69) is 5.32 Å². The van der Waals surface area contributed by atoms with Gasteiger partial charge >= 0.3 is 5.51 Å². The lowest BCUT2D eigenvalue weighted by molar-refractivity contribution is -0.0435. The van der Waals surface area contributed by atoms with E-state index in [1.165, 1.54) is 18.2 Å². The van der Waals surface area contributed by atoms with Crippen molar-refractivity contribution in [3.8, 4) is 0 Å². The van der Waals surface area contributed by atoms with Crippen molar-refractivity contribution in [2.75, 3.05) is 23.9 Å². The fraction of sp³-hybridized carbons (Fsp3) is 0.500. The van der Waals surface area contributed by atoms with Crippen LogP contribution in [0.5, 0.6) is 0 Å².